The molecule has 1 N–H and O–H groups in total. The molecule has 1 saturated heterocycles. The summed E-state index contributed by atoms with van der Waals surface area (Å²) in [5.41, 5.74) is 1.47. The van der Waals surface area contributed by atoms with Crippen LogP contribution in [0.4, 0.5) is 5.13 Å². The van der Waals surface area contributed by atoms with Crippen LogP contribution in [0.5, 0.6) is 5.75 Å². The fourth-order valence-electron chi connectivity index (χ4n) is 3.75. The van der Waals surface area contributed by atoms with Crippen LogP contribution in [0.25, 0.3) is 4.96 Å². The number of fused-ring (bicyclic) bond motifs is 1. The SMILES string of the molecule is CCc1cc(=O)n2nc(NCC3(c4cc(Cl)ccc4OC)CCOCC3)sc2n1. The molecule has 0 radical (unpaired) electrons. The normalized spacial score (nSPS) is 16.1. The average molecular weight is 435 g/mol. The summed E-state index contributed by atoms with van der Waals surface area (Å²) in [6, 6.07) is 7.25. The summed E-state index contributed by atoms with van der Waals surface area (Å²) in [5, 5.41) is 9.19. The standard InChI is InChI=1S/C20H23ClN4O3S/c1-3-14-11-17(26)25-19(23-14)29-18(24-25)22-12-20(6-8-28-9-7-20)15-10-13(21)4-5-16(15)27-2/h4-5,10-11H,3,6-9,12H2,1-2H3,(H,22,24). The van der Waals surface area contributed by atoms with Crippen LogP contribution in [0.3, 0.4) is 0 Å². The van der Waals surface area contributed by atoms with Crippen LogP contribution >= 0.6 is 22.9 Å². The molecular weight excluding hydrogens is 412 g/mol. The molecule has 29 heavy (non-hydrogen) atoms. The van der Waals surface area contributed by atoms with Crippen LogP contribution in [0.2, 0.25) is 5.02 Å². The predicted octanol–water partition coefficient (Wildman–Crippen LogP) is 3.54. The molecule has 0 saturated carbocycles. The minimum Gasteiger partial charge on any atom is -0.496 e. The van der Waals surface area contributed by atoms with E-state index >= 15 is 0 Å². The van der Waals surface area contributed by atoms with Crippen molar-refractivity contribution >= 4 is 33.0 Å². The lowest BCUT2D eigenvalue weighted by Gasteiger charge is -2.38. The van der Waals surface area contributed by atoms with Gasteiger partial charge in [0, 0.05) is 47.5 Å². The second-order valence-electron chi connectivity index (χ2n) is 7.13. The molecule has 3 heterocycles. The Balaban J connectivity index is 1.66. The quantitative estimate of drug-likeness (QED) is 0.639. The van der Waals surface area contributed by atoms with Gasteiger partial charge in [0.1, 0.15) is 5.75 Å². The Morgan fingerprint density at radius 1 is 1.34 bits per heavy atom. The number of aromatic nitrogens is 3. The summed E-state index contributed by atoms with van der Waals surface area (Å²) in [6.45, 7) is 3.93. The maximum absolute atomic E-state index is 12.3. The summed E-state index contributed by atoms with van der Waals surface area (Å²) in [5.74, 6) is 0.813. The van der Waals surface area contributed by atoms with Crippen molar-refractivity contribution in [2.75, 3.05) is 32.2 Å². The van der Waals surface area contributed by atoms with Crippen molar-refractivity contribution in [1.29, 1.82) is 0 Å². The molecule has 0 atom stereocenters. The van der Waals surface area contributed by atoms with Crippen molar-refractivity contribution in [3.8, 4) is 5.75 Å². The molecule has 1 aliphatic rings. The number of hydrogen-bond acceptors (Lipinski definition) is 7. The maximum Gasteiger partial charge on any atom is 0.275 e. The fraction of sp³-hybridized carbons (Fsp3) is 0.450. The lowest BCUT2D eigenvalue weighted by molar-refractivity contribution is 0.0536. The molecule has 0 bridgehead atoms. The fourth-order valence-corrected chi connectivity index (χ4v) is 4.74. The molecule has 9 heteroatoms. The van der Waals surface area contributed by atoms with Gasteiger partial charge in [0.25, 0.3) is 5.56 Å². The van der Waals surface area contributed by atoms with E-state index in [1.807, 2.05) is 25.1 Å². The molecule has 2 aromatic heterocycles. The van der Waals surface area contributed by atoms with E-state index in [1.54, 1.807) is 7.11 Å². The number of hydrogen-bond donors (Lipinski definition) is 1. The molecule has 1 aliphatic heterocycles. The summed E-state index contributed by atoms with van der Waals surface area (Å²) >= 11 is 7.69. The zero-order valence-corrected chi connectivity index (χ0v) is 18.0. The Hall–Kier alpha value is -2.16. The Kier molecular flexibility index (Phi) is 5.76. The van der Waals surface area contributed by atoms with Crippen LogP contribution in [-0.4, -0.2) is 41.5 Å². The Labute approximate surface area is 177 Å². The molecule has 0 amide bonds. The van der Waals surface area contributed by atoms with Crippen molar-refractivity contribution in [3.05, 3.63) is 50.9 Å². The smallest absolute Gasteiger partial charge is 0.275 e. The number of anilines is 1. The van der Waals surface area contributed by atoms with E-state index < -0.39 is 0 Å². The lowest BCUT2D eigenvalue weighted by atomic mass is 9.73. The highest BCUT2D eigenvalue weighted by Crippen LogP contribution is 2.41. The summed E-state index contributed by atoms with van der Waals surface area (Å²) in [6.07, 6.45) is 2.38. The second kappa shape index (κ2) is 8.30. The van der Waals surface area contributed by atoms with Crippen LogP contribution in [0, 0.1) is 0 Å². The van der Waals surface area contributed by atoms with E-state index in [1.165, 1.54) is 21.9 Å². The van der Waals surface area contributed by atoms with Crippen LogP contribution in [0.1, 0.15) is 31.0 Å². The van der Waals surface area contributed by atoms with Crippen molar-refractivity contribution in [3.63, 3.8) is 0 Å². The summed E-state index contributed by atoms with van der Waals surface area (Å²) in [7, 11) is 1.67. The van der Waals surface area contributed by atoms with Crippen LogP contribution < -0.4 is 15.6 Å². The van der Waals surface area contributed by atoms with Gasteiger partial charge in [0.15, 0.2) is 0 Å². The number of nitrogens with zero attached hydrogens (tertiary/aromatic N) is 3. The first-order valence-electron chi connectivity index (χ1n) is 9.60. The first kappa shape index (κ1) is 20.1. The van der Waals surface area contributed by atoms with E-state index in [9.17, 15) is 4.79 Å². The van der Waals surface area contributed by atoms with Crippen LogP contribution in [-0.2, 0) is 16.6 Å². The molecule has 3 aromatic rings. The highest BCUT2D eigenvalue weighted by Gasteiger charge is 2.37. The Morgan fingerprint density at radius 3 is 2.86 bits per heavy atom. The van der Waals surface area contributed by atoms with Gasteiger partial charge in [-0.2, -0.15) is 4.52 Å². The third kappa shape index (κ3) is 3.97. The van der Waals surface area contributed by atoms with E-state index in [2.05, 4.69) is 15.4 Å². The zero-order valence-electron chi connectivity index (χ0n) is 16.4. The highest BCUT2D eigenvalue weighted by molar-refractivity contribution is 7.20. The van der Waals surface area contributed by atoms with Gasteiger partial charge in [-0.25, -0.2) is 4.98 Å². The second-order valence-corrected chi connectivity index (χ2v) is 8.52. The number of rotatable bonds is 6. The minimum absolute atomic E-state index is 0.159. The molecule has 0 unspecified atom stereocenters. The van der Waals surface area contributed by atoms with E-state index in [-0.39, 0.29) is 11.0 Å². The van der Waals surface area contributed by atoms with Gasteiger partial charge in [-0.15, -0.1) is 5.10 Å². The number of halogens is 1. The molecule has 154 valence electrons. The molecule has 1 aromatic carbocycles. The number of benzene rings is 1. The van der Waals surface area contributed by atoms with E-state index in [0.717, 1.165) is 29.8 Å². The predicted molar refractivity (Wildman–Crippen MR) is 115 cm³/mol. The summed E-state index contributed by atoms with van der Waals surface area (Å²) < 4.78 is 12.6. The highest BCUT2D eigenvalue weighted by atomic mass is 35.5. The van der Waals surface area contributed by atoms with E-state index in [0.29, 0.717) is 41.3 Å². The van der Waals surface area contributed by atoms with Gasteiger partial charge in [0.2, 0.25) is 10.1 Å². The molecule has 4 rings (SSSR count). The van der Waals surface area contributed by atoms with E-state index in [4.69, 9.17) is 21.1 Å². The Morgan fingerprint density at radius 2 is 2.14 bits per heavy atom. The van der Waals surface area contributed by atoms with Gasteiger partial charge < -0.3 is 14.8 Å². The van der Waals surface area contributed by atoms with Gasteiger partial charge in [0.05, 0.1) is 7.11 Å². The van der Waals surface area contributed by atoms with Crippen molar-refractivity contribution in [2.24, 2.45) is 0 Å². The Bertz CT molecular complexity index is 1080. The van der Waals surface area contributed by atoms with Crippen molar-refractivity contribution < 1.29 is 9.47 Å². The van der Waals surface area contributed by atoms with Gasteiger partial charge in [-0.3, -0.25) is 4.79 Å². The number of methoxy groups -OCH3 is 1. The summed E-state index contributed by atoms with van der Waals surface area (Å²) in [4.78, 5) is 17.4. The molecular formula is C20H23ClN4O3S. The third-order valence-electron chi connectivity index (χ3n) is 5.42. The molecule has 7 nitrogen and oxygen atoms in total. The first-order chi connectivity index (χ1) is 14.0. The monoisotopic (exact) mass is 434 g/mol. The molecule has 0 spiro atoms. The third-order valence-corrected chi connectivity index (χ3v) is 6.52. The topological polar surface area (TPSA) is 77.8 Å². The number of ether oxygens (including phenoxy) is 2. The zero-order chi connectivity index (χ0) is 20.4. The van der Waals surface area contributed by atoms with Gasteiger partial charge >= 0.3 is 0 Å². The largest absolute Gasteiger partial charge is 0.496 e. The van der Waals surface area contributed by atoms with Crippen molar-refractivity contribution in [2.45, 2.75) is 31.6 Å². The molecule has 1 fully saturated rings. The van der Waals surface area contributed by atoms with Crippen molar-refractivity contribution in [1.82, 2.24) is 14.6 Å². The van der Waals surface area contributed by atoms with Gasteiger partial charge in [-0.05, 0) is 37.5 Å². The minimum atomic E-state index is -0.209. The average Bonchev–Trinajstić information content (AvgIpc) is 3.16. The number of aryl methyl sites for hydroxylation is 1. The maximum atomic E-state index is 12.3. The molecule has 0 aliphatic carbocycles. The van der Waals surface area contributed by atoms with Gasteiger partial charge in [-0.1, -0.05) is 29.9 Å². The number of nitrogens with one attached hydrogen (secondary N) is 1. The first-order valence-corrected chi connectivity index (χ1v) is 10.8. The van der Waals surface area contributed by atoms with Crippen LogP contribution in [0.15, 0.2) is 29.1 Å². The lowest BCUT2D eigenvalue weighted by Crippen LogP contribution is -2.40.